The van der Waals surface area contributed by atoms with Crippen molar-refractivity contribution in [2.45, 2.75) is 0 Å². The number of rotatable bonds is 1. The molecule has 96 valence electrons. The van der Waals surface area contributed by atoms with Crippen LogP contribution in [0.4, 0.5) is 0 Å². The Morgan fingerprint density at radius 1 is 1.16 bits per heavy atom. The molecule has 3 rings (SSSR count). The summed E-state index contributed by atoms with van der Waals surface area (Å²) < 4.78 is 5.34. The van der Waals surface area contributed by atoms with Gasteiger partial charge in [0.15, 0.2) is 0 Å². The number of hydrogen-bond donors (Lipinski definition) is 1. The van der Waals surface area contributed by atoms with Crippen LogP contribution in [0.3, 0.4) is 0 Å². The van der Waals surface area contributed by atoms with E-state index in [4.69, 9.17) is 9.84 Å². The lowest BCUT2D eigenvalue weighted by Crippen LogP contribution is -1.98. The topological polar surface area (TPSA) is 59.4 Å². The van der Waals surface area contributed by atoms with Crippen LogP contribution in [0.15, 0.2) is 54.7 Å². The SMILES string of the molecule is C1=Cc2ccccc2OC1.O=C(O)c1ccccn1. The van der Waals surface area contributed by atoms with Crippen molar-refractivity contribution in [2.24, 2.45) is 0 Å². The first-order chi connectivity index (χ1) is 9.27. The van der Waals surface area contributed by atoms with Crippen molar-refractivity contribution in [2.75, 3.05) is 6.61 Å². The van der Waals surface area contributed by atoms with Crippen LogP contribution in [-0.4, -0.2) is 22.7 Å². The second kappa shape index (κ2) is 6.35. The Balaban J connectivity index is 0.000000141. The predicted octanol–water partition coefficient (Wildman–Crippen LogP) is 2.87. The average Bonchev–Trinajstić information content (AvgIpc) is 2.49. The molecule has 19 heavy (non-hydrogen) atoms. The summed E-state index contributed by atoms with van der Waals surface area (Å²) in [7, 11) is 0. The highest BCUT2D eigenvalue weighted by Gasteiger charge is 2.01. The fourth-order valence-corrected chi connectivity index (χ4v) is 1.55. The number of fused-ring (bicyclic) bond motifs is 1. The van der Waals surface area contributed by atoms with Crippen molar-refractivity contribution in [1.82, 2.24) is 4.98 Å². The van der Waals surface area contributed by atoms with Crippen LogP contribution in [0.25, 0.3) is 6.08 Å². The van der Waals surface area contributed by atoms with Gasteiger partial charge in [-0.3, -0.25) is 0 Å². The lowest BCUT2D eigenvalue weighted by Gasteiger charge is -2.10. The molecule has 1 aliphatic heterocycles. The number of carbonyl (C=O) groups is 1. The van der Waals surface area contributed by atoms with Crippen molar-refractivity contribution >= 4 is 12.0 Å². The molecule has 1 aliphatic rings. The van der Waals surface area contributed by atoms with Gasteiger partial charge in [-0.05, 0) is 24.3 Å². The quantitative estimate of drug-likeness (QED) is 0.851. The van der Waals surface area contributed by atoms with Crippen LogP contribution in [0.1, 0.15) is 16.1 Å². The number of pyridine rings is 1. The van der Waals surface area contributed by atoms with E-state index in [0.29, 0.717) is 6.61 Å². The van der Waals surface area contributed by atoms with Gasteiger partial charge in [0.25, 0.3) is 0 Å². The van der Waals surface area contributed by atoms with E-state index < -0.39 is 5.97 Å². The van der Waals surface area contributed by atoms with Crippen LogP contribution < -0.4 is 4.74 Å². The van der Waals surface area contributed by atoms with Gasteiger partial charge in [0.05, 0.1) is 0 Å². The van der Waals surface area contributed by atoms with Gasteiger partial charge in [0, 0.05) is 11.8 Å². The molecular formula is C15H13NO3. The highest BCUT2D eigenvalue weighted by molar-refractivity contribution is 5.85. The molecule has 0 amide bonds. The van der Waals surface area contributed by atoms with Crippen LogP contribution in [0, 0.1) is 0 Å². The number of para-hydroxylation sites is 1. The van der Waals surface area contributed by atoms with E-state index in [1.165, 1.54) is 17.8 Å². The highest BCUT2D eigenvalue weighted by atomic mass is 16.5. The number of hydrogen-bond acceptors (Lipinski definition) is 3. The molecule has 0 saturated heterocycles. The molecule has 0 unspecified atom stereocenters. The van der Waals surface area contributed by atoms with Crippen molar-refractivity contribution in [3.8, 4) is 5.75 Å². The van der Waals surface area contributed by atoms with Gasteiger partial charge in [0.1, 0.15) is 18.1 Å². The molecule has 4 nitrogen and oxygen atoms in total. The molecular weight excluding hydrogens is 242 g/mol. The van der Waals surface area contributed by atoms with Crippen molar-refractivity contribution < 1.29 is 14.6 Å². The van der Waals surface area contributed by atoms with Crippen molar-refractivity contribution in [3.05, 3.63) is 66.0 Å². The summed E-state index contributed by atoms with van der Waals surface area (Å²) in [5.41, 5.74) is 1.26. The molecule has 0 spiro atoms. The van der Waals surface area contributed by atoms with E-state index in [-0.39, 0.29) is 5.69 Å². The summed E-state index contributed by atoms with van der Waals surface area (Å²) in [5.74, 6) is 0.000556. The predicted molar refractivity (Wildman–Crippen MR) is 72.2 cm³/mol. The minimum Gasteiger partial charge on any atom is -0.489 e. The first kappa shape index (κ1) is 12.8. The van der Waals surface area contributed by atoms with Crippen molar-refractivity contribution in [3.63, 3.8) is 0 Å². The smallest absolute Gasteiger partial charge is 0.354 e. The van der Waals surface area contributed by atoms with E-state index in [0.717, 1.165) is 5.75 Å². The molecule has 2 heterocycles. The third-order valence-corrected chi connectivity index (χ3v) is 2.44. The third kappa shape index (κ3) is 3.67. The number of aromatic nitrogens is 1. The summed E-state index contributed by atoms with van der Waals surface area (Å²) in [6.45, 7) is 0.705. The van der Waals surface area contributed by atoms with E-state index in [2.05, 4.69) is 11.1 Å². The number of aromatic carboxylic acids is 1. The molecule has 1 N–H and O–H groups in total. The molecule has 0 fully saturated rings. The molecule has 0 bridgehead atoms. The summed E-state index contributed by atoms with van der Waals surface area (Å²) in [6.07, 6.45) is 5.55. The van der Waals surface area contributed by atoms with Gasteiger partial charge in [-0.2, -0.15) is 0 Å². The normalized spacial score (nSPS) is 11.6. The number of carboxylic acid groups (broad SMARTS) is 1. The zero-order valence-electron chi connectivity index (χ0n) is 10.2. The number of carboxylic acids is 1. The zero-order chi connectivity index (χ0) is 13.5. The second-order valence-electron chi connectivity index (χ2n) is 3.77. The van der Waals surface area contributed by atoms with Gasteiger partial charge in [0.2, 0.25) is 0 Å². The van der Waals surface area contributed by atoms with Crippen LogP contribution in [0.2, 0.25) is 0 Å². The fraction of sp³-hybridized carbons (Fsp3) is 0.0667. The summed E-state index contributed by atoms with van der Waals surface area (Å²) >= 11 is 0. The minimum absolute atomic E-state index is 0.0810. The molecule has 0 radical (unpaired) electrons. The Kier molecular flexibility index (Phi) is 4.29. The number of benzene rings is 1. The Bertz CT molecular complexity index is 579. The Morgan fingerprint density at radius 2 is 1.95 bits per heavy atom. The van der Waals surface area contributed by atoms with Crippen LogP contribution in [0.5, 0.6) is 5.75 Å². The fourth-order valence-electron chi connectivity index (χ4n) is 1.55. The summed E-state index contributed by atoms with van der Waals surface area (Å²) in [4.78, 5) is 13.7. The van der Waals surface area contributed by atoms with Crippen LogP contribution in [-0.2, 0) is 0 Å². The Morgan fingerprint density at radius 3 is 2.58 bits per heavy atom. The van der Waals surface area contributed by atoms with E-state index >= 15 is 0 Å². The maximum absolute atomic E-state index is 10.1. The van der Waals surface area contributed by atoms with Gasteiger partial charge < -0.3 is 9.84 Å². The summed E-state index contributed by atoms with van der Waals surface area (Å²) in [5, 5.41) is 8.32. The average molecular weight is 255 g/mol. The monoisotopic (exact) mass is 255 g/mol. The van der Waals surface area contributed by atoms with E-state index in [1.807, 2.05) is 30.3 Å². The Hall–Kier alpha value is -2.62. The third-order valence-electron chi connectivity index (χ3n) is 2.44. The lowest BCUT2D eigenvalue weighted by molar-refractivity contribution is 0.0690. The molecule has 0 aliphatic carbocycles. The summed E-state index contributed by atoms with van der Waals surface area (Å²) in [6, 6.07) is 12.8. The molecule has 0 atom stereocenters. The van der Waals surface area contributed by atoms with Crippen LogP contribution >= 0.6 is 0 Å². The lowest BCUT2D eigenvalue weighted by atomic mass is 10.1. The molecule has 1 aromatic heterocycles. The second-order valence-corrected chi connectivity index (χ2v) is 3.77. The van der Waals surface area contributed by atoms with Crippen molar-refractivity contribution in [1.29, 1.82) is 0 Å². The van der Waals surface area contributed by atoms with Gasteiger partial charge in [-0.25, -0.2) is 9.78 Å². The van der Waals surface area contributed by atoms with Gasteiger partial charge in [-0.1, -0.05) is 30.3 Å². The van der Waals surface area contributed by atoms with Gasteiger partial charge >= 0.3 is 5.97 Å². The largest absolute Gasteiger partial charge is 0.489 e. The van der Waals surface area contributed by atoms with E-state index in [9.17, 15) is 4.79 Å². The van der Waals surface area contributed by atoms with E-state index in [1.54, 1.807) is 12.1 Å². The molecule has 4 heteroatoms. The maximum Gasteiger partial charge on any atom is 0.354 e. The highest BCUT2D eigenvalue weighted by Crippen LogP contribution is 2.21. The zero-order valence-corrected chi connectivity index (χ0v) is 10.2. The first-order valence-electron chi connectivity index (χ1n) is 5.80. The molecule has 0 saturated carbocycles. The minimum atomic E-state index is -0.990. The number of nitrogens with zero attached hydrogens (tertiary/aromatic N) is 1. The maximum atomic E-state index is 10.1. The molecule has 1 aromatic carbocycles. The number of ether oxygens (including phenoxy) is 1. The molecule has 2 aromatic rings. The Labute approximate surface area is 111 Å². The standard InChI is InChI=1S/C9H8O.C6H5NO2/c1-2-6-9-8(4-1)5-3-7-10-9;8-6(9)5-3-1-2-4-7-5/h1-6H,7H2;1-4H,(H,8,9). The van der Waals surface area contributed by atoms with Gasteiger partial charge in [-0.15, -0.1) is 0 Å². The first-order valence-corrected chi connectivity index (χ1v) is 5.80.